The van der Waals surface area contributed by atoms with E-state index in [9.17, 15) is 14.4 Å². The third-order valence-corrected chi connectivity index (χ3v) is 4.98. The molecule has 1 unspecified atom stereocenters. The summed E-state index contributed by atoms with van der Waals surface area (Å²) in [6.45, 7) is 3.68. The van der Waals surface area contributed by atoms with Gasteiger partial charge in [0.05, 0.1) is 12.2 Å². The van der Waals surface area contributed by atoms with Gasteiger partial charge in [0.2, 0.25) is 11.8 Å². The van der Waals surface area contributed by atoms with Crippen LogP contribution in [0.25, 0.3) is 0 Å². The number of para-hydroxylation sites is 2. The summed E-state index contributed by atoms with van der Waals surface area (Å²) in [5, 5.41) is 8.65. The van der Waals surface area contributed by atoms with Crippen molar-refractivity contribution >= 4 is 34.8 Å². The highest BCUT2D eigenvalue weighted by Gasteiger charge is 2.36. The predicted octanol–water partition coefficient (Wildman–Crippen LogP) is 1.82. The molecule has 30 heavy (non-hydrogen) atoms. The second-order valence-corrected chi connectivity index (χ2v) is 7.33. The Balaban J connectivity index is 1.71. The van der Waals surface area contributed by atoms with Gasteiger partial charge in [-0.25, -0.2) is 0 Å². The van der Waals surface area contributed by atoms with Gasteiger partial charge in [-0.15, -0.1) is 0 Å². The molecule has 8 nitrogen and oxygen atoms in total. The van der Waals surface area contributed by atoms with E-state index in [0.717, 1.165) is 16.8 Å². The number of hydrogen-bond acceptors (Lipinski definition) is 5. The van der Waals surface area contributed by atoms with E-state index in [4.69, 9.17) is 5.73 Å². The Labute approximate surface area is 175 Å². The number of carbonyl (C=O) groups excluding carboxylic acids is 3. The van der Waals surface area contributed by atoms with Crippen LogP contribution in [-0.2, 0) is 14.4 Å². The van der Waals surface area contributed by atoms with E-state index >= 15 is 0 Å². The number of hydrogen-bond donors (Lipinski definition) is 2. The van der Waals surface area contributed by atoms with Crippen LogP contribution < -0.4 is 16.1 Å². The van der Waals surface area contributed by atoms with Gasteiger partial charge in [0.25, 0.3) is 5.91 Å². The number of benzene rings is 2. The molecule has 0 aromatic heterocycles. The van der Waals surface area contributed by atoms with Crippen molar-refractivity contribution in [3.8, 4) is 0 Å². The van der Waals surface area contributed by atoms with Gasteiger partial charge in [-0.1, -0.05) is 36.4 Å². The predicted molar refractivity (Wildman–Crippen MR) is 116 cm³/mol. The smallest absolute Gasteiger partial charge is 0.270 e. The zero-order valence-corrected chi connectivity index (χ0v) is 17.3. The van der Waals surface area contributed by atoms with Crippen molar-refractivity contribution in [2.24, 2.45) is 10.8 Å². The van der Waals surface area contributed by atoms with Gasteiger partial charge in [0.1, 0.15) is 11.8 Å². The first-order chi connectivity index (χ1) is 14.3. The molecular weight excluding hydrogens is 382 g/mol. The molecule has 1 heterocycles. The minimum Gasteiger partial charge on any atom is -0.368 e. The van der Waals surface area contributed by atoms with Crippen LogP contribution in [0.1, 0.15) is 17.5 Å². The molecule has 3 rings (SSSR count). The summed E-state index contributed by atoms with van der Waals surface area (Å²) in [5.41, 5.74) is 9.00. The molecule has 156 valence electrons. The molecule has 0 fully saturated rings. The minimum atomic E-state index is -0.747. The molecule has 8 heteroatoms. The molecule has 1 aliphatic rings. The van der Waals surface area contributed by atoms with Crippen LogP contribution in [0.5, 0.6) is 0 Å². The van der Waals surface area contributed by atoms with Crippen molar-refractivity contribution in [2.45, 2.75) is 26.3 Å². The number of primary amides is 1. The normalized spacial score (nSPS) is 15.5. The molecule has 0 bridgehead atoms. The number of nitrogens with two attached hydrogens (primary N) is 1. The van der Waals surface area contributed by atoms with Crippen LogP contribution in [0.15, 0.2) is 53.6 Å². The van der Waals surface area contributed by atoms with Gasteiger partial charge >= 0.3 is 0 Å². The van der Waals surface area contributed by atoms with Crippen LogP contribution in [-0.4, -0.2) is 48.0 Å². The monoisotopic (exact) mass is 407 g/mol. The number of likely N-dealkylation sites (N-methyl/N-ethyl adjacent to an activating group) is 1. The highest BCUT2D eigenvalue weighted by molar-refractivity contribution is 6.40. The van der Waals surface area contributed by atoms with E-state index in [1.54, 1.807) is 12.1 Å². The second-order valence-electron chi connectivity index (χ2n) is 7.33. The van der Waals surface area contributed by atoms with Gasteiger partial charge in [0, 0.05) is 19.2 Å². The second kappa shape index (κ2) is 8.77. The number of amides is 3. The topological polar surface area (TPSA) is 108 Å². The molecule has 0 radical (unpaired) electrons. The number of anilines is 2. The van der Waals surface area contributed by atoms with Crippen LogP contribution in [0, 0.1) is 13.8 Å². The Morgan fingerprint density at radius 2 is 1.73 bits per heavy atom. The lowest BCUT2D eigenvalue weighted by Crippen LogP contribution is -2.41. The fraction of sp³-hybridized carbons (Fsp3) is 0.273. The number of nitrogens with zero attached hydrogens (tertiary/aromatic N) is 3. The van der Waals surface area contributed by atoms with Gasteiger partial charge in [0.15, 0.2) is 0 Å². The fourth-order valence-corrected chi connectivity index (χ4v) is 3.38. The molecule has 0 aliphatic carbocycles. The lowest BCUT2D eigenvalue weighted by molar-refractivity contribution is -0.127. The Kier molecular flexibility index (Phi) is 6.15. The lowest BCUT2D eigenvalue weighted by atomic mass is 10.1. The number of carbonyl (C=O) groups is 3. The summed E-state index contributed by atoms with van der Waals surface area (Å²) in [4.78, 5) is 38.5. The molecule has 1 atom stereocenters. The zero-order chi connectivity index (χ0) is 21.8. The molecule has 1 aliphatic heterocycles. The van der Waals surface area contributed by atoms with Crippen molar-refractivity contribution in [2.75, 3.05) is 23.9 Å². The van der Waals surface area contributed by atoms with Crippen molar-refractivity contribution in [3.63, 3.8) is 0 Å². The number of aryl methyl sites for hydroxylation is 2. The molecule has 3 N–H and O–H groups in total. The minimum absolute atomic E-state index is 0.0892. The maximum atomic E-state index is 12.8. The summed E-state index contributed by atoms with van der Waals surface area (Å²) in [5.74, 6) is -1.30. The molecule has 0 saturated heterocycles. The number of nitrogens with one attached hydrogen (secondary N) is 1. The van der Waals surface area contributed by atoms with Crippen LogP contribution >= 0.6 is 0 Å². The van der Waals surface area contributed by atoms with Gasteiger partial charge in [-0.3, -0.25) is 19.4 Å². The Bertz CT molecular complexity index is 983. The highest BCUT2D eigenvalue weighted by atomic mass is 16.2. The zero-order valence-electron chi connectivity index (χ0n) is 17.3. The summed E-state index contributed by atoms with van der Waals surface area (Å²) < 4.78 is 0. The number of hydrazone groups is 1. The third-order valence-electron chi connectivity index (χ3n) is 4.98. The van der Waals surface area contributed by atoms with Gasteiger partial charge in [-0.05, 0) is 37.1 Å². The van der Waals surface area contributed by atoms with Crippen molar-refractivity contribution in [1.29, 1.82) is 0 Å². The molecular formula is C22H25N5O3. The fourth-order valence-electron chi connectivity index (χ4n) is 3.38. The first-order valence-electron chi connectivity index (χ1n) is 9.60. The standard InChI is InChI=1S/C22H25N5O3/c1-14-8-7-9-15(2)20(14)24-19(28)13-26(3)22(30)17-12-18(21(23)29)27(25-17)16-10-5-4-6-11-16/h4-11,18H,12-13H2,1-3H3,(H2,23,29)(H,24,28). The van der Waals surface area contributed by atoms with E-state index < -0.39 is 17.9 Å². The SMILES string of the molecule is Cc1cccc(C)c1NC(=O)CN(C)C(=O)C1=NN(c2ccccc2)C(C(N)=O)C1. The molecule has 2 aromatic rings. The summed E-state index contributed by atoms with van der Waals surface area (Å²) >= 11 is 0. The molecule has 2 aromatic carbocycles. The summed E-state index contributed by atoms with van der Waals surface area (Å²) in [6.07, 6.45) is 0.0892. The van der Waals surface area contributed by atoms with Crippen molar-refractivity contribution in [3.05, 3.63) is 59.7 Å². The lowest BCUT2D eigenvalue weighted by Gasteiger charge is -2.20. The van der Waals surface area contributed by atoms with E-state index in [1.807, 2.05) is 50.2 Å². The van der Waals surface area contributed by atoms with Gasteiger partial charge < -0.3 is 16.0 Å². The van der Waals surface area contributed by atoms with Crippen LogP contribution in [0.4, 0.5) is 11.4 Å². The van der Waals surface area contributed by atoms with Gasteiger partial charge in [-0.2, -0.15) is 5.10 Å². The highest BCUT2D eigenvalue weighted by Crippen LogP contribution is 2.25. The average molecular weight is 407 g/mol. The largest absolute Gasteiger partial charge is 0.368 e. The molecule has 3 amide bonds. The Morgan fingerprint density at radius 1 is 1.10 bits per heavy atom. The number of rotatable bonds is 6. The van der Waals surface area contributed by atoms with E-state index in [-0.39, 0.29) is 24.6 Å². The quantitative estimate of drug-likeness (QED) is 0.761. The molecule has 0 spiro atoms. The maximum absolute atomic E-state index is 12.8. The third kappa shape index (κ3) is 4.48. The first-order valence-corrected chi connectivity index (χ1v) is 9.60. The van der Waals surface area contributed by atoms with Crippen molar-refractivity contribution in [1.82, 2.24) is 4.90 Å². The van der Waals surface area contributed by atoms with E-state index in [1.165, 1.54) is 17.0 Å². The Morgan fingerprint density at radius 3 is 2.33 bits per heavy atom. The van der Waals surface area contributed by atoms with Crippen LogP contribution in [0.2, 0.25) is 0 Å². The van der Waals surface area contributed by atoms with E-state index in [2.05, 4.69) is 10.4 Å². The van der Waals surface area contributed by atoms with E-state index in [0.29, 0.717) is 5.69 Å². The first kappa shape index (κ1) is 21.0. The van der Waals surface area contributed by atoms with Crippen LogP contribution in [0.3, 0.4) is 0 Å². The summed E-state index contributed by atoms with van der Waals surface area (Å²) in [7, 11) is 1.53. The molecule has 0 saturated carbocycles. The van der Waals surface area contributed by atoms with Crippen molar-refractivity contribution < 1.29 is 14.4 Å². The maximum Gasteiger partial charge on any atom is 0.270 e. The average Bonchev–Trinajstić information content (AvgIpc) is 3.16. The summed E-state index contributed by atoms with van der Waals surface area (Å²) in [6, 6.07) is 14.0. The Hall–Kier alpha value is -3.68.